The van der Waals surface area contributed by atoms with E-state index in [1.165, 1.54) is 11.1 Å². The summed E-state index contributed by atoms with van der Waals surface area (Å²) in [6.45, 7) is 7.80. The summed E-state index contributed by atoms with van der Waals surface area (Å²) in [5, 5.41) is 2.87. The Morgan fingerprint density at radius 3 is 2.44 bits per heavy atom. The lowest BCUT2D eigenvalue weighted by Gasteiger charge is -2.34. The fraction of sp³-hybridized carbons (Fsp3) is 0.636. The molecule has 27 heavy (non-hydrogen) atoms. The molecule has 1 N–H and O–H groups in total. The van der Waals surface area contributed by atoms with Crippen molar-refractivity contribution in [2.45, 2.75) is 65.0 Å². The van der Waals surface area contributed by atoms with Crippen LogP contribution in [0.2, 0.25) is 0 Å². The van der Waals surface area contributed by atoms with Gasteiger partial charge in [0.05, 0.1) is 0 Å². The fourth-order valence-corrected chi connectivity index (χ4v) is 4.10. The summed E-state index contributed by atoms with van der Waals surface area (Å²) in [5.41, 5.74) is 2.19. The van der Waals surface area contributed by atoms with Gasteiger partial charge in [0, 0.05) is 25.6 Å². The molecule has 2 aliphatic rings. The maximum absolute atomic E-state index is 12.9. The van der Waals surface area contributed by atoms with Crippen molar-refractivity contribution in [2.75, 3.05) is 13.1 Å². The Morgan fingerprint density at radius 1 is 1.11 bits per heavy atom. The number of nitrogens with zero attached hydrogens (tertiary/aromatic N) is 1. The van der Waals surface area contributed by atoms with Crippen LogP contribution in [0.1, 0.15) is 57.6 Å². The molecule has 0 atom stereocenters. The molecule has 2 amide bonds. The highest BCUT2D eigenvalue weighted by molar-refractivity contribution is 5.79. The number of amides is 2. The van der Waals surface area contributed by atoms with Crippen molar-refractivity contribution in [3.8, 4) is 0 Å². The lowest BCUT2D eigenvalue weighted by atomic mass is 9.81. The number of rotatable bonds is 3. The number of carbonyl (C=O) groups excluding carboxylic acids is 2. The monoisotopic (exact) mass is 372 g/mol. The highest BCUT2D eigenvalue weighted by Gasteiger charge is 2.31. The van der Waals surface area contributed by atoms with Gasteiger partial charge in [-0.25, -0.2) is 4.79 Å². The van der Waals surface area contributed by atoms with E-state index in [-0.39, 0.29) is 12.0 Å². The fourth-order valence-electron chi connectivity index (χ4n) is 4.10. The average molecular weight is 373 g/mol. The lowest BCUT2D eigenvalue weighted by Crippen LogP contribution is -2.41. The van der Waals surface area contributed by atoms with Crippen molar-refractivity contribution in [3.63, 3.8) is 0 Å². The number of benzene rings is 1. The Kier molecular flexibility index (Phi) is 6.08. The zero-order chi connectivity index (χ0) is 19.4. The number of hydrogen-bond donors (Lipinski definition) is 1. The van der Waals surface area contributed by atoms with E-state index in [9.17, 15) is 9.59 Å². The summed E-state index contributed by atoms with van der Waals surface area (Å²) < 4.78 is 5.29. The molecule has 5 nitrogen and oxygen atoms in total. The molecular weight excluding hydrogens is 340 g/mol. The molecule has 3 rings (SSSR count). The topological polar surface area (TPSA) is 58.6 Å². The number of hydrogen-bond acceptors (Lipinski definition) is 3. The van der Waals surface area contributed by atoms with E-state index in [1.807, 2.05) is 25.7 Å². The number of fused-ring (bicyclic) bond motifs is 1. The van der Waals surface area contributed by atoms with Crippen LogP contribution in [-0.2, 0) is 22.5 Å². The molecule has 1 aromatic carbocycles. The molecule has 0 spiro atoms. The maximum atomic E-state index is 12.9. The standard InChI is InChI=1S/C22H32N2O3/c1-22(2,3)27-21(26)23-14-16-8-10-18(11-9-16)20(25)24-13-12-17-6-4-5-7-19(17)15-24/h4-7,16,18H,8-15H2,1-3H3,(H,23,26). The van der Waals surface area contributed by atoms with Crippen molar-refractivity contribution < 1.29 is 14.3 Å². The van der Waals surface area contributed by atoms with Gasteiger partial charge in [0.2, 0.25) is 5.91 Å². The molecular formula is C22H32N2O3. The minimum Gasteiger partial charge on any atom is -0.444 e. The predicted octanol–water partition coefficient (Wildman–Crippen LogP) is 3.90. The summed E-state index contributed by atoms with van der Waals surface area (Å²) in [7, 11) is 0. The lowest BCUT2D eigenvalue weighted by molar-refractivity contribution is -0.137. The van der Waals surface area contributed by atoms with Gasteiger partial charge >= 0.3 is 6.09 Å². The second-order valence-corrected chi connectivity index (χ2v) is 8.88. The highest BCUT2D eigenvalue weighted by Crippen LogP contribution is 2.31. The molecule has 1 aromatic rings. The van der Waals surface area contributed by atoms with Crippen molar-refractivity contribution in [3.05, 3.63) is 35.4 Å². The van der Waals surface area contributed by atoms with Gasteiger partial charge in [-0.1, -0.05) is 24.3 Å². The summed E-state index contributed by atoms with van der Waals surface area (Å²) >= 11 is 0. The van der Waals surface area contributed by atoms with Gasteiger partial charge in [-0.15, -0.1) is 0 Å². The van der Waals surface area contributed by atoms with Gasteiger partial charge in [-0.3, -0.25) is 4.79 Å². The normalized spacial score (nSPS) is 22.7. The molecule has 1 fully saturated rings. The number of alkyl carbamates (subject to hydrolysis) is 1. The summed E-state index contributed by atoms with van der Waals surface area (Å²) in [4.78, 5) is 26.7. The zero-order valence-electron chi connectivity index (χ0n) is 16.8. The number of ether oxygens (including phenoxy) is 1. The van der Waals surface area contributed by atoms with Crippen LogP contribution in [0.4, 0.5) is 4.79 Å². The first-order valence-corrected chi connectivity index (χ1v) is 10.1. The first kappa shape index (κ1) is 19.7. The van der Waals surface area contributed by atoms with E-state index in [0.29, 0.717) is 18.4 Å². The molecule has 0 unspecified atom stereocenters. The quantitative estimate of drug-likeness (QED) is 0.875. The third-order valence-corrected chi connectivity index (χ3v) is 5.57. The second kappa shape index (κ2) is 8.32. The highest BCUT2D eigenvalue weighted by atomic mass is 16.6. The van der Waals surface area contributed by atoms with Crippen molar-refractivity contribution in [2.24, 2.45) is 11.8 Å². The van der Waals surface area contributed by atoms with Gasteiger partial charge in [0.1, 0.15) is 5.60 Å². The Hall–Kier alpha value is -2.04. The Labute approximate surface area is 162 Å². The van der Waals surface area contributed by atoms with Gasteiger partial charge in [0.25, 0.3) is 0 Å². The van der Waals surface area contributed by atoms with Crippen LogP contribution in [0.5, 0.6) is 0 Å². The first-order chi connectivity index (χ1) is 12.8. The van der Waals surface area contributed by atoms with Gasteiger partial charge in [0.15, 0.2) is 0 Å². The smallest absolute Gasteiger partial charge is 0.407 e. The Morgan fingerprint density at radius 2 is 1.78 bits per heavy atom. The maximum Gasteiger partial charge on any atom is 0.407 e. The van der Waals surface area contributed by atoms with Crippen molar-refractivity contribution >= 4 is 12.0 Å². The minimum absolute atomic E-state index is 0.132. The first-order valence-electron chi connectivity index (χ1n) is 10.1. The molecule has 0 aromatic heterocycles. The minimum atomic E-state index is -0.471. The SMILES string of the molecule is CC(C)(C)OC(=O)NCC1CCC(C(=O)N2CCc3ccccc3C2)CC1. The van der Waals surface area contributed by atoms with Crippen LogP contribution in [0.25, 0.3) is 0 Å². The van der Waals surface area contributed by atoms with Crippen molar-refractivity contribution in [1.29, 1.82) is 0 Å². The van der Waals surface area contributed by atoms with Crippen LogP contribution < -0.4 is 5.32 Å². The van der Waals surface area contributed by atoms with E-state index < -0.39 is 5.60 Å². The summed E-state index contributed by atoms with van der Waals surface area (Å²) in [5.74, 6) is 0.875. The van der Waals surface area contributed by atoms with Crippen molar-refractivity contribution in [1.82, 2.24) is 10.2 Å². The second-order valence-electron chi connectivity index (χ2n) is 8.88. The number of carbonyl (C=O) groups is 2. The Balaban J connectivity index is 1.43. The molecule has 0 bridgehead atoms. The van der Waals surface area contributed by atoms with Crippen LogP contribution >= 0.6 is 0 Å². The van der Waals surface area contributed by atoms with E-state index >= 15 is 0 Å². The van der Waals surface area contributed by atoms with E-state index in [1.54, 1.807) is 0 Å². The van der Waals surface area contributed by atoms with E-state index in [4.69, 9.17) is 4.74 Å². The predicted molar refractivity (Wildman–Crippen MR) is 105 cm³/mol. The molecule has 1 heterocycles. The molecule has 148 valence electrons. The van der Waals surface area contributed by atoms with Gasteiger partial charge < -0.3 is 15.0 Å². The van der Waals surface area contributed by atoms with Gasteiger partial charge in [-0.2, -0.15) is 0 Å². The molecule has 5 heteroatoms. The van der Waals surface area contributed by atoms with Crippen LogP contribution in [0, 0.1) is 11.8 Å². The Bertz CT molecular complexity index is 672. The van der Waals surface area contributed by atoms with Crippen LogP contribution in [0.15, 0.2) is 24.3 Å². The zero-order valence-corrected chi connectivity index (χ0v) is 16.8. The third kappa shape index (κ3) is 5.47. The molecule has 1 aliphatic carbocycles. The van der Waals surface area contributed by atoms with E-state index in [2.05, 4.69) is 29.6 Å². The summed E-state index contributed by atoms with van der Waals surface area (Å²) in [6.07, 6.45) is 4.40. The molecule has 0 radical (unpaired) electrons. The largest absolute Gasteiger partial charge is 0.444 e. The molecule has 0 saturated heterocycles. The average Bonchev–Trinajstić information content (AvgIpc) is 2.64. The molecule has 1 aliphatic heterocycles. The summed E-state index contributed by atoms with van der Waals surface area (Å²) in [6, 6.07) is 8.42. The third-order valence-electron chi connectivity index (χ3n) is 5.57. The number of nitrogens with one attached hydrogen (secondary N) is 1. The van der Waals surface area contributed by atoms with E-state index in [0.717, 1.165) is 45.2 Å². The molecule has 1 saturated carbocycles. The van der Waals surface area contributed by atoms with Crippen LogP contribution in [-0.4, -0.2) is 35.6 Å². The van der Waals surface area contributed by atoms with Crippen LogP contribution in [0.3, 0.4) is 0 Å². The van der Waals surface area contributed by atoms with Gasteiger partial charge in [-0.05, 0) is 69.9 Å².